The van der Waals surface area contributed by atoms with Crippen molar-refractivity contribution in [3.63, 3.8) is 0 Å². The molecular formula is C16H12Cl2F3NO3. The highest BCUT2D eigenvalue weighted by Gasteiger charge is 2.29. The van der Waals surface area contributed by atoms with E-state index in [1.165, 1.54) is 18.2 Å². The summed E-state index contributed by atoms with van der Waals surface area (Å²) in [7, 11) is 0. The van der Waals surface area contributed by atoms with Gasteiger partial charge in [-0.2, -0.15) is 13.2 Å². The lowest BCUT2D eigenvalue weighted by Gasteiger charge is -2.14. The Balaban J connectivity index is 1.98. The molecule has 2 aromatic rings. The minimum Gasteiger partial charge on any atom is -0.484 e. The first-order valence-corrected chi connectivity index (χ1v) is 7.66. The number of carbonyl (C=O) groups is 1. The van der Waals surface area contributed by atoms with E-state index in [0.717, 1.165) is 0 Å². The zero-order valence-electron chi connectivity index (χ0n) is 12.6. The highest BCUT2D eigenvalue weighted by molar-refractivity contribution is 6.31. The Morgan fingerprint density at radius 3 is 2.28 bits per heavy atom. The van der Waals surface area contributed by atoms with Crippen LogP contribution in [0.2, 0.25) is 10.0 Å². The normalized spacial score (nSPS) is 11.1. The van der Waals surface area contributed by atoms with Gasteiger partial charge in [0.25, 0.3) is 5.91 Å². The van der Waals surface area contributed by atoms with Gasteiger partial charge in [0.1, 0.15) is 11.5 Å². The van der Waals surface area contributed by atoms with E-state index in [1.54, 1.807) is 24.3 Å². The van der Waals surface area contributed by atoms with Gasteiger partial charge in [-0.15, -0.1) is 0 Å². The number of nitrogens with one attached hydrogen (secondary N) is 1. The van der Waals surface area contributed by atoms with Gasteiger partial charge in [-0.25, -0.2) is 0 Å². The van der Waals surface area contributed by atoms with Crippen LogP contribution in [0.3, 0.4) is 0 Å². The van der Waals surface area contributed by atoms with Crippen molar-refractivity contribution in [1.82, 2.24) is 0 Å². The standard InChI is InChI=1S/C16H12Cl2F3NO3/c17-10-1-4-12(5-2-10)24-8-15(23)22-13-7-11(18)3-6-14(13)25-9-16(19,20)21/h1-7H,8-9H2,(H,22,23). The van der Waals surface area contributed by atoms with Crippen molar-refractivity contribution in [1.29, 1.82) is 0 Å². The molecule has 2 aromatic carbocycles. The monoisotopic (exact) mass is 393 g/mol. The molecule has 0 atom stereocenters. The minimum absolute atomic E-state index is 0.0152. The molecule has 0 unspecified atom stereocenters. The second-order valence-electron chi connectivity index (χ2n) is 4.84. The van der Waals surface area contributed by atoms with Crippen LogP contribution in [0.15, 0.2) is 42.5 Å². The Morgan fingerprint density at radius 1 is 1.00 bits per heavy atom. The van der Waals surface area contributed by atoms with Gasteiger partial charge < -0.3 is 14.8 Å². The van der Waals surface area contributed by atoms with Crippen LogP contribution < -0.4 is 14.8 Å². The summed E-state index contributed by atoms with van der Waals surface area (Å²) in [6.07, 6.45) is -4.50. The molecule has 0 aromatic heterocycles. The van der Waals surface area contributed by atoms with Gasteiger partial charge in [-0.3, -0.25) is 4.79 Å². The highest BCUT2D eigenvalue weighted by atomic mass is 35.5. The zero-order chi connectivity index (χ0) is 18.4. The Morgan fingerprint density at radius 2 is 1.64 bits per heavy atom. The molecule has 0 aliphatic carbocycles. The number of hydrogen-bond acceptors (Lipinski definition) is 3. The number of ether oxygens (including phenoxy) is 2. The Kier molecular flexibility index (Phi) is 6.39. The number of anilines is 1. The van der Waals surface area contributed by atoms with Crippen molar-refractivity contribution in [3.05, 3.63) is 52.5 Å². The number of carbonyl (C=O) groups excluding carboxylic acids is 1. The van der Waals surface area contributed by atoms with Crippen LogP contribution in [0, 0.1) is 0 Å². The Bertz CT molecular complexity index is 736. The maximum Gasteiger partial charge on any atom is 0.422 e. The number of alkyl halides is 3. The molecule has 0 fully saturated rings. The number of halogens is 5. The van der Waals surface area contributed by atoms with Crippen molar-refractivity contribution >= 4 is 34.8 Å². The lowest BCUT2D eigenvalue weighted by atomic mass is 10.3. The van der Waals surface area contributed by atoms with E-state index >= 15 is 0 Å². The minimum atomic E-state index is -4.50. The molecule has 9 heteroatoms. The number of rotatable bonds is 6. The molecule has 1 N–H and O–H groups in total. The van der Waals surface area contributed by atoms with Gasteiger partial charge >= 0.3 is 6.18 Å². The third kappa shape index (κ3) is 6.72. The van der Waals surface area contributed by atoms with Crippen LogP contribution in [0.4, 0.5) is 18.9 Å². The molecule has 0 saturated carbocycles. The molecule has 0 aliphatic rings. The average Bonchev–Trinajstić information content (AvgIpc) is 2.53. The van der Waals surface area contributed by atoms with Crippen LogP contribution in [-0.2, 0) is 4.79 Å². The van der Waals surface area contributed by atoms with E-state index in [0.29, 0.717) is 10.8 Å². The van der Waals surface area contributed by atoms with Crippen LogP contribution in [0.1, 0.15) is 0 Å². The molecule has 0 heterocycles. The quantitative estimate of drug-likeness (QED) is 0.754. The summed E-state index contributed by atoms with van der Waals surface area (Å²) in [6.45, 7) is -1.84. The fourth-order valence-corrected chi connectivity index (χ4v) is 2.05. The molecule has 0 radical (unpaired) electrons. The SMILES string of the molecule is O=C(COc1ccc(Cl)cc1)Nc1cc(Cl)ccc1OCC(F)(F)F. The van der Waals surface area contributed by atoms with Crippen molar-refractivity contribution in [2.45, 2.75) is 6.18 Å². The van der Waals surface area contributed by atoms with Gasteiger partial charge in [-0.05, 0) is 42.5 Å². The Labute approximate surface area is 151 Å². The summed E-state index contributed by atoms with van der Waals surface area (Å²) in [5.41, 5.74) is 0.0152. The first-order valence-electron chi connectivity index (χ1n) is 6.90. The van der Waals surface area contributed by atoms with E-state index in [1.807, 2.05) is 0 Å². The van der Waals surface area contributed by atoms with Crippen molar-refractivity contribution < 1.29 is 27.4 Å². The lowest BCUT2D eigenvalue weighted by Crippen LogP contribution is -2.22. The fraction of sp³-hybridized carbons (Fsp3) is 0.188. The van der Waals surface area contributed by atoms with Gasteiger partial charge in [0.15, 0.2) is 13.2 Å². The molecular weight excluding hydrogens is 382 g/mol. The first kappa shape index (κ1) is 19.2. The van der Waals surface area contributed by atoms with Gasteiger partial charge in [0.2, 0.25) is 0 Å². The predicted molar refractivity (Wildman–Crippen MR) is 88.6 cm³/mol. The molecule has 0 saturated heterocycles. The average molecular weight is 394 g/mol. The van der Waals surface area contributed by atoms with Crippen LogP contribution in [0.5, 0.6) is 11.5 Å². The zero-order valence-corrected chi connectivity index (χ0v) is 14.1. The number of amides is 1. The smallest absolute Gasteiger partial charge is 0.422 e. The second kappa shape index (κ2) is 8.31. The molecule has 0 aliphatic heterocycles. The largest absolute Gasteiger partial charge is 0.484 e. The Hall–Kier alpha value is -2.12. The molecule has 134 valence electrons. The molecule has 1 amide bonds. The molecule has 25 heavy (non-hydrogen) atoms. The van der Waals surface area contributed by atoms with E-state index in [9.17, 15) is 18.0 Å². The van der Waals surface area contributed by atoms with E-state index in [2.05, 4.69) is 10.1 Å². The van der Waals surface area contributed by atoms with Crippen molar-refractivity contribution in [2.24, 2.45) is 0 Å². The van der Waals surface area contributed by atoms with Gasteiger partial charge in [0, 0.05) is 10.0 Å². The summed E-state index contributed by atoms with van der Waals surface area (Å²) in [6, 6.07) is 10.2. The predicted octanol–water partition coefficient (Wildman–Crippen LogP) is 4.95. The summed E-state index contributed by atoms with van der Waals surface area (Å²) >= 11 is 11.5. The summed E-state index contributed by atoms with van der Waals surface area (Å²) in [5, 5.41) is 3.15. The third-order valence-corrected chi connectivity index (χ3v) is 3.28. The highest BCUT2D eigenvalue weighted by Crippen LogP contribution is 2.29. The van der Waals surface area contributed by atoms with Gasteiger partial charge in [-0.1, -0.05) is 23.2 Å². The topological polar surface area (TPSA) is 47.6 Å². The maximum absolute atomic E-state index is 12.3. The van der Waals surface area contributed by atoms with Crippen molar-refractivity contribution in [2.75, 3.05) is 18.5 Å². The molecule has 2 rings (SSSR count). The van der Waals surface area contributed by atoms with E-state index in [-0.39, 0.29) is 23.1 Å². The van der Waals surface area contributed by atoms with Crippen LogP contribution in [-0.4, -0.2) is 25.3 Å². The molecule has 0 bridgehead atoms. The van der Waals surface area contributed by atoms with E-state index in [4.69, 9.17) is 27.9 Å². The van der Waals surface area contributed by atoms with Gasteiger partial charge in [0.05, 0.1) is 5.69 Å². The number of hydrogen-bond donors (Lipinski definition) is 1. The van der Waals surface area contributed by atoms with Crippen molar-refractivity contribution in [3.8, 4) is 11.5 Å². The van der Waals surface area contributed by atoms with Crippen LogP contribution in [0.25, 0.3) is 0 Å². The summed E-state index contributed by atoms with van der Waals surface area (Å²) < 4.78 is 46.8. The number of benzene rings is 2. The molecule has 4 nitrogen and oxygen atoms in total. The maximum atomic E-state index is 12.3. The summed E-state index contributed by atoms with van der Waals surface area (Å²) in [5.74, 6) is -0.324. The summed E-state index contributed by atoms with van der Waals surface area (Å²) in [4.78, 5) is 11.9. The van der Waals surface area contributed by atoms with E-state index < -0.39 is 18.7 Å². The lowest BCUT2D eigenvalue weighted by molar-refractivity contribution is -0.153. The first-order chi connectivity index (χ1) is 11.7. The fourth-order valence-electron chi connectivity index (χ4n) is 1.75. The van der Waals surface area contributed by atoms with Crippen LogP contribution >= 0.6 is 23.2 Å². The molecule has 0 spiro atoms. The third-order valence-electron chi connectivity index (χ3n) is 2.79. The second-order valence-corrected chi connectivity index (χ2v) is 5.71.